The van der Waals surface area contributed by atoms with Gasteiger partial charge in [-0.1, -0.05) is 12.1 Å². The van der Waals surface area contributed by atoms with Gasteiger partial charge in [-0.05, 0) is 55.5 Å². The van der Waals surface area contributed by atoms with Crippen LogP contribution in [-0.2, 0) is 22.7 Å². The van der Waals surface area contributed by atoms with Crippen LogP contribution in [0.5, 0.6) is 0 Å². The second-order valence-electron chi connectivity index (χ2n) is 8.05. The lowest BCUT2D eigenvalue weighted by atomic mass is 10.1. The molecule has 1 aromatic heterocycles. The first-order valence-corrected chi connectivity index (χ1v) is 10.6. The lowest BCUT2D eigenvalue weighted by molar-refractivity contribution is -0.142. The third kappa shape index (κ3) is 5.28. The van der Waals surface area contributed by atoms with Gasteiger partial charge in [-0.15, -0.1) is 0 Å². The van der Waals surface area contributed by atoms with E-state index in [1.807, 2.05) is 18.2 Å². The van der Waals surface area contributed by atoms with E-state index < -0.39 is 0 Å². The Morgan fingerprint density at radius 2 is 1.90 bits per heavy atom. The van der Waals surface area contributed by atoms with Crippen LogP contribution >= 0.6 is 0 Å². The minimum absolute atomic E-state index is 0.0403. The summed E-state index contributed by atoms with van der Waals surface area (Å²) in [5.74, 6) is 0.556. The number of likely N-dealkylation sites (tertiary alicyclic amines) is 1. The van der Waals surface area contributed by atoms with Crippen molar-refractivity contribution < 1.29 is 18.8 Å². The third-order valence-corrected chi connectivity index (χ3v) is 5.53. The number of amides is 3. The van der Waals surface area contributed by atoms with Crippen LogP contribution in [0, 0.1) is 0 Å². The van der Waals surface area contributed by atoms with Crippen molar-refractivity contribution in [3.63, 3.8) is 0 Å². The number of nitrogens with one attached hydrogen (secondary N) is 1. The summed E-state index contributed by atoms with van der Waals surface area (Å²) in [7, 11) is 0. The molecule has 1 saturated heterocycles. The van der Waals surface area contributed by atoms with Crippen LogP contribution in [0.25, 0.3) is 0 Å². The first kappa shape index (κ1) is 20.2. The summed E-state index contributed by atoms with van der Waals surface area (Å²) in [6.45, 7) is 1.43. The van der Waals surface area contributed by atoms with E-state index in [9.17, 15) is 14.4 Å². The first-order valence-electron chi connectivity index (χ1n) is 10.6. The van der Waals surface area contributed by atoms with Crippen molar-refractivity contribution in [3.8, 4) is 0 Å². The molecule has 7 nitrogen and oxygen atoms in total. The fourth-order valence-corrected chi connectivity index (χ4v) is 3.59. The van der Waals surface area contributed by atoms with Crippen molar-refractivity contribution in [3.05, 3.63) is 59.5 Å². The normalized spacial score (nSPS) is 16.4. The Morgan fingerprint density at radius 1 is 1.10 bits per heavy atom. The van der Waals surface area contributed by atoms with Gasteiger partial charge in [-0.2, -0.15) is 0 Å². The number of nitrogens with zero attached hydrogens (tertiary/aromatic N) is 2. The van der Waals surface area contributed by atoms with Gasteiger partial charge in [0.15, 0.2) is 0 Å². The van der Waals surface area contributed by atoms with Crippen molar-refractivity contribution >= 4 is 17.7 Å². The SMILES string of the molecule is O=C(NC1CC1)c1ccc(CN(Cc2ccco2)C(=O)CN2CCCCC2=O)cc1. The highest BCUT2D eigenvalue weighted by molar-refractivity contribution is 5.94. The Kier molecular flexibility index (Phi) is 6.16. The van der Waals surface area contributed by atoms with Gasteiger partial charge >= 0.3 is 0 Å². The number of carbonyl (C=O) groups excluding carboxylic acids is 3. The summed E-state index contributed by atoms with van der Waals surface area (Å²) in [5, 5.41) is 2.97. The number of benzene rings is 1. The molecule has 1 N–H and O–H groups in total. The molecule has 0 spiro atoms. The molecule has 4 rings (SSSR count). The van der Waals surface area contributed by atoms with Crippen LogP contribution in [0.15, 0.2) is 47.1 Å². The quantitative estimate of drug-likeness (QED) is 0.727. The predicted molar refractivity (Wildman–Crippen MR) is 110 cm³/mol. The number of piperidine rings is 1. The Labute approximate surface area is 176 Å². The summed E-state index contributed by atoms with van der Waals surface area (Å²) in [6.07, 6.45) is 6.01. The Hall–Kier alpha value is -3.09. The Bertz CT molecular complexity index is 888. The highest BCUT2D eigenvalue weighted by atomic mass is 16.3. The maximum atomic E-state index is 13.0. The monoisotopic (exact) mass is 409 g/mol. The second kappa shape index (κ2) is 9.15. The van der Waals surface area contributed by atoms with E-state index in [2.05, 4.69) is 5.32 Å². The molecule has 1 aliphatic heterocycles. The van der Waals surface area contributed by atoms with Crippen molar-refractivity contribution in [2.75, 3.05) is 13.1 Å². The van der Waals surface area contributed by atoms with Crippen molar-refractivity contribution in [1.29, 1.82) is 0 Å². The van der Waals surface area contributed by atoms with E-state index in [0.717, 1.165) is 31.2 Å². The predicted octanol–water partition coefficient (Wildman–Crippen LogP) is 2.71. The molecule has 7 heteroatoms. The molecule has 1 aliphatic carbocycles. The maximum Gasteiger partial charge on any atom is 0.251 e. The second-order valence-corrected chi connectivity index (χ2v) is 8.05. The lowest BCUT2D eigenvalue weighted by Crippen LogP contribution is -2.44. The Balaban J connectivity index is 1.43. The number of furan rings is 1. The minimum Gasteiger partial charge on any atom is -0.467 e. The van der Waals surface area contributed by atoms with E-state index in [4.69, 9.17) is 4.42 Å². The van der Waals surface area contributed by atoms with Crippen LogP contribution in [0.3, 0.4) is 0 Å². The molecule has 1 aromatic carbocycles. The topological polar surface area (TPSA) is 82.9 Å². The Morgan fingerprint density at radius 3 is 2.57 bits per heavy atom. The average molecular weight is 409 g/mol. The number of hydrogen-bond donors (Lipinski definition) is 1. The molecular weight excluding hydrogens is 382 g/mol. The van der Waals surface area contributed by atoms with E-state index in [-0.39, 0.29) is 24.3 Å². The standard InChI is InChI=1S/C23H27N3O4/c27-21-5-1-2-12-25(21)16-22(28)26(15-20-4-3-13-30-20)14-17-6-8-18(9-7-17)23(29)24-19-10-11-19/h3-4,6-9,13,19H,1-2,5,10-12,14-16H2,(H,24,29). The zero-order valence-electron chi connectivity index (χ0n) is 17.0. The van der Waals surface area contributed by atoms with E-state index in [1.165, 1.54) is 0 Å². The summed E-state index contributed by atoms with van der Waals surface area (Å²) >= 11 is 0. The van der Waals surface area contributed by atoms with Gasteiger partial charge in [-0.3, -0.25) is 14.4 Å². The molecule has 2 aromatic rings. The molecule has 158 valence electrons. The molecule has 2 heterocycles. The van der Waals surface area contributed by atoms with Gasteiger partial charge in [0.2, 0.25) is 11.8 Å². The molecule has 3 amide bonds. The molecule has 2 aliphatic rings. The average Bonchev–Trinajstić information content (AvgIpc) is 3.41. The van der Waals surface area contributed by atoms with Crippen LogP contribution in [0.2, 0.25) is 0 Å². The van der Waals surface area contributed by atoms with Crippen molar-refractivity contribution in [1.82, 2.24) is 15.1 Å². The highest BCUT2D eigenvalue weighted by Gasteiger charge is 2.25. The smallest absolute Gasteiger partial charge is 0.251 e. The zero-order valence-corrected chi connectivity index (χ0v) is 17.0. The molecule has 1 saturated carbocycles. The van der Waals surface area contributed by atoms with E-state index in [1.54, 1.807) is 34.3 Å². The molecule has 0 radical (unpaired) electrons. The zero-order chi connectivity index (χ0) is 20.9. The maximum absolute atomic E-state index is 13.0. The first-order chi connectivity index (χ1) is 14.6. The highest BCUT2D eigenvalue weighted by Crippen LogP contribution is 2.20. The van der Waals surface area contributed by atoms with Gasteiger partial charge in [0.05, 0.1) is 19.4 Å². The molecule has 2 fully saturated rings. The molecule has 0 bridgehead atoms. The number of hydrogen-bond acceptors (Lipinski definition) is 4. The minimum atomic E-state index is -0.114. The van der Waals surface area contributed by atoms with E-state index >= 15 is 0 Å². The van der Waals surface area contributed by atoms with E-state index in [0.29, 0.717) is 43.4 Å². The van der Waals surface area contributed by atoms with Gasteiger partial charge < -0.3 is 19.5 Å². The lowest BCUT2D eigenvalue weighted by Gasteiger charge is -2.29. The van der Waals surface area contributed by atoms with Crippen LogP contribution in [-0.4, -0.2) is 46.7 Å². The molecule has 0 unspecified atom stereocenters. The van der Waals surface area contributed by atoms with Gasteiger partial charge in [-0.25, -0.2) is 0 Å². The molecule has 0 atom stereocenters. The summed E-state index contributed by atoms with van der Waals surface area (Å²) < 4.78 is 5.43. The van der Waals surface area contributed by atoms with Crippen LogP contribution < -0.4 is 5.32 Å². The van der Waals surface area contributed by atoms with Crippen LogP contribution in [0.4, 0.5) is 0 Å². The number of carbonyl (C=O) groups is 3. The molecular formula is C23H27N3O4. The van der Waals surface area contributed by atoms with Crippen molar-refractivity contribution in [2.45, 2.75) is 51.2 Å². The van der Waals surface area contributed by atoms with Crippen LogP contribution in [0.1, 0.15) is 53.8 Å². The van der Waals surface area contributed by atoms with Gasteiger partial charge in [0.1, 0.15) is 5.76 Å². The molecule has 30 heavy (non-hydrogen) atoms. The summed E-state index contributed by atoms with van der Waals surface area (Å²) in [6, 6.07) is 11.3. The largest absolute Gasteiger partial charge is 0.467 e. The fourth-order valence-electron chi connectivity index (χ4n) is 3.59. The number of rotatable bonds is 8. The van der Waals surface area contributed by atoms with Gasteiger partial charge in [0, 0.05) is 31.1 Å². The van der Waals surface area contributed by atoms with Crippen molar-refractivity contribution in [2.24, 2.45) is 0 Å². The summed E-state index contributed by atoms with van der Waals surface area (Å²) in [5.41, 5.74) is 1.54. The third-order valence-electron chi connectivity index (χ3n) is 5.53. The fraction of sp³-hybridized carbons (Fsp3) is 0.435. The summed E-state index contributed by atoms with van der Waals surface area (Å²) in [4.78, 5) is 40.6. The van der Waals surface area contributed by atoms with Gasteiger partial charge in [0.25, 0.3) is 5.91 Å².